The fraction of sp³-hybridized carbons (Fsp3) is 0.286. The smallest absolute Gasteiger partial charge is 0.269 e. The highest BCUT2D eigenvalue weighted by molar-refractivity contribution is 8.01. The number of aromatic nitrogens is 2. The molecule has 0 spiro atoms. The number of fused-ring (bicyclic) bond motifs is 1. The summed E-state index contributed by atoms with van der Waals surface area (Å²) in [6, 6.07) is 13.4. The van der Waals surface area contributed by atoms with E-state index in [2.05, 4.69) is 15.5 Å². The third-order valence-electron chi connectivity index (χ3n) is 4.61. The first kappa shape index (κ1) is 22.6. The van der Waals surface area contributed by atoms with Gasteiger partial charge < -0.3 is 4.74 Å². The van der Waals surface area contributed by atoms with Gasteiger partial charge in [0.25, 0.3) is 15.9 Å². The average Bonchev–Trinajstić information content (AvgIpc) is 3.19. The quantitative estimate of drug-likeness (QED) is 0.412. The van der Waals surface area contributed by atoms with Gasteiger partial charge in [0.05, 0.1) is 17.1 Å². The second-order valence-corrected chi connectivity index (χ2v) is 12.1. The number of anilines is 2. The van der Waals surface area contributed by atoms with Crippen LogP contribution in [0.3, 0.4) is 0 Å². The number of sulfonamides is 1. The van der Waals surface area contributed by atoms with Crippen LogP contribution >= 0.6 is 23.1 Å². The van der Waals surface area contributed by atoms with Gasteiger partial charge in [0.1, 0.15) is 5.75 Å². The maximum Gasteiger partial charge on any atom is 0.269 e. The van der Waals surface area contributed by atoms with E-state index < -0.39 is 22.0 Å². The van der Waals surface area contributed by atoms with Crippen molar-refractivity contribution in [1.29, 1.82) is 0 Å². The Morgan fingerprint density at radius 3 is 2.62 bits per heavy atom. The molecule has 1 unspecified atom stereocenters. The first-order valence-electron chi connectivity index (χ1n) is 9.90. The van der Waals surface area contributed by atoms with Gasteiger partial charge in [-0.1, -0.05) is 66.8 Å². The maximum atomic E-state index is 13.4. The minimum atomic E-state index is -3.90. The van der Waals surface area contributed by atoms with Crippen LogP contribution in [0.2, 0.25) is 0 Å². The third-order valence-corrected chi connectivity index (χ3v) is 8.33. The van der Waals surface area contributed by atoms with Crippen LogP contribution in [0.15, 0.2) is 57.8 Å². The second kappa shape index (κ2) is 9.08. The lowest BCUT2D eigenvalue weighted by Gasteiger charge is -2.34. The Morgan fingerprint density at radius 2 is 1.91 bits per heavy atom. The van der Waals surface area contributed by atoms with Crippen molar-refractivity contribution in [3.8, 4) is 5.75 Å². The van der Waals surface area contributed by atoms with Gasteiger partial charge in [-0.05, 0) is 31.2 Å². The number of nitrogens with one attached hydrogen (secondary N) is 1. The summed E-state index contributed by atoms with van der Waals surface area (Å²) in [5.41, 5.74) is 1.35. The number of para-hydroxylation sites is 2. The maximum absolute atomic E-state index is 13.4. The Morgan fingerprint density at radius 1 is 1.19 bits per heavy atom. The zero-order chi connectivity index (χ0) is 22.9. The fourth-order valence-corrected chi connectivity index (χ4v) is 6.55. The molecule has 32 heavy (non-hydrogen) atoms. The number of nitrogens with zero attached hydrogens (tertiary/aromatic N) is 3. The van der Waals surface area contributed by atoms with Crippen molar-refractivity contribution >= 4 is 49.8 Å². The summed E-state index contributed by atoms with van der Waals surface area (Å²) in [7, 11) is -3.90. The minimum Gasteiger partial charge on any atom is -0.476 e. The molecular formula is C21H22N4O4S3. The van der Waals surface area contributed by atoms with E-state index in [1.165, 1.54) is 15.6 Å². The molecule has 1 N–H and O–H groups in total. The van der Waals surface area contributed by atoms with Crippen LogP contribution in [-0.4, -0.2) is 42.4 Å². The zero-order valence-electron chi connectivity index (χ0n) is 17.7. The molecule has 0 radical (unpaired) electrons. The summed E-state index contributed by atoms with van der Waals surface area (Å²) in [6.07, 6.45) is -1.05. The molecule has 4 rings (SSSR count). The number of aryl methyl sites for hydroxylation is 1. The summed E-state index contributed by atoms with van der Waals surface area (Å²) >= 11 is 2.81. The predicted molar refractivity (Wildman–Crippen MR) is 126 cm³/mol. The first-order chi connectivity index (χ1) is 15.2. The molecule has 8 nitrogen and oxygen atoms in total. The molecule has 1 aliphatic heterocycles. The lowest BCUT2D eigenvalue weighted by molar-refractivity contribution is -0.122. The Labute approximate surface area is 195 Å². The molecule has 0 saturated heterocycles. The Kier molecular flexibility index (Phi) is 6.40. The average molecular weight is 491 g/mol. The van der Waals surface area contributed by atoms with Gasteiger partial charge in [-0.2, -0.15) is 0 Å². The molecule has 1 aromatic heterocycles. The molecule has 0 aliphatic carbocycles. The third kappa shape index (κ3) is 4.74. The normalized spacial score (nSPS) is 15.9. The molecular weight excluding hydrogens is 468 g/mol. The van der Waals surface area contributed by atoms with Gasteiger partial charge in [-0.25, -0.2) is 8.42 Å². The van der Waals surface area contributed by atoms with E-state index in [9.17, 15) is 13.2 Å². The highest BCUT2D eigenvalue weighted by atomic mass is 32.2. The van der Waals surface area contributed by atoms with Crippen LogP contribution in [0.5, 0.6) is 5.75 Å². The van der Waals surface area contributed by atoms with Crippen LogP contribution < -0.4 is 14.4 Å². The van der Waals surface area contributed by atoms with Crippen molar-refractivity contribution in [3.63, 3.8) is 0 Å². The Hall–Kier alpha value is -2.63. The molecule has 1 aliphatic rings. The first-order valence-corrected chi connectivity index (χ1v) is 13.0. The van der Waals surface area contributed by atoms with Crippen molar-refractivity contribution < 1.29 is 17.9 Å². The predicted octanol–water partition coefficient (Wildman–Crippen LogP) is 3.94. The number of ether oxygens (including phenoxy) is 1. The second-order valence-electron chi connectivity index (χ2n) is 7.45. The molecule has 2 aromatic carbocycles. The van der Waals surface area contributed by atoms with E-state index in [0.717, 1.165) is 9.90 Å². The van der Waals surface area contributed by atoms with Crippen LogP contribution in [0.4, 0.5) is 10.8 Å². The van der Waals surface area contributed by atoms with Crippen LogP contribution in [0.25, 0.3) is 0 Å². The highest BCUT2D eigenvalue weighted by Crippen LogP contribution is 2.37. The number of thioether (sulfide) groups is 1. The van der Waals surface area contributed by atoms with E-state index in [1.807, 2.05) is 20.8 Å². The topological polar surface area (TPSA) is 101 Å². The Bertz CT molecular complexity index is 1230. The van der Waals surface area contributed by atoms with Gasteiger partial charge in [0.15, 0.2) is 10.4 Å². The molecule has 0 saturated carbocycles. The molecule has 168 valence electrons. The number of amides is 1. The molecule has 1 atom stereocenters. The SMILES string of the molecule is Cc1ccc(S(=O)(=O)N2CC(C(=O)Nc3nnc(SC(C)C)s3)Oc3ccccc32)cc1. The molecule has 2 heterocycles. The van der Waals surface area contributed by atoms with Crippen molar-refractivity contribution in [3.05, 3.63) is 54.1 Å². The van der Waals surface area contributed by atoms with E-state index >= 15 is 0 Å². The summed E-state index contributed by atoms with van der Waals surface area (Å²) in [5.74, 6) is -0.163. The highest BCUT2D eigenvalue weighted by Gasteiger charge is 2.37. The van der Waals surface area contributed by atoms with Crippen LogP contribution in [0, 0.1) is 6.92 Å². The van der Waals surface area contributed by atoms with Crippen molar-refractivity contribution in [2.24, 2.45) is 0 Å². The molecule has 11 heteroatoms. The molecule has 0 bridgehead atoms. The van der Waals surface area contributed by atoms with E-state index in [0.29, 0.717) is 21.8 Å². The Balaban J connectivity index is 1.60. The van der Waals surface area contributed by atoms with Crippen LogP contribution in [-0.2, 0) is 14.8 Å². The lowest BCUT2D eigenvalue weighted by Crippen LogP contribution is -2.48. The van der Waals surface area contributed by atoms with Gasteiger partial charge in [-0.15, -0.1) is 10.2 Å². The zero-order valence-corrected chi connectivity index (χ0v) is 20.1. The van der Waals surface area contributed by atoms with E-state index in [1.54, 1.807) is 60.3 Å². The number of hydrogen-bond acceptors (Lipinski definition) is 8. The number of carbonyl (C=O) groups excluding carboxylic acids is 1. The van der Waals surface area contributed by atoms with Gasteiger partial charge in [0, 0.05) is 5.25 Å². The van der Waals surface area contributed by atoms with Gasteiger partial charge in [0.2, 0.25) is 5.13 Å². The number of hydrogen-bond donors (Lipinski definition) is 1. The monoisotopic (exact) mass is 490 g/mol. The van der Waals surface area contributed by atoms with Crippen molar-refractivity contribution in [1.82, 2.24) is 10.2 Å². The number of rotatable bonds is 6. The standard InChI is InChI=1S/C21H22N4O4S3/c1-13(2)30-21-24-23-20(31-21)22-19(26)18-12-25(16-6-4-5-7-17(16)29-18)32(27,28)15-10-8-14(3)9-11-15/h4-11,13,18H,12H2,1-3H3,(H,22,23,26). The molecule has 1 amide bonds. The summed E-state index contributed by atoms with van der Waals surface area (Å²) in [4.78, 5) is 13.1. The largest absolute Gasteiger partial charge is 0.476 e. The van der Waals surface area contributed by atoms with Crippen LogP contribution in [0.1, 0.15) is 19.4 Å². The molecule has 3 aromatic rings. The van der Waals surface area contributed by atoms with Crippen molar-refractivity contribution in [2.75, 3.05) is 16.2 Å². The summed E-state index contributed by atoms with van der Waals surface area (Å²) in [6.45, 7) is 5.81. The van der Waals surface area contributed by atoms with Crippen molar-refractivity contribution in [2.45, 2.75) is 41.4 Å². The lowest BCUT2D eigenvalue weighted by atomic mass is 10.2. The van der Waals surface area contributed by atoms with E-state index in [-0.39, 0.29) is 11.4 Å². The number of benzene rings is 2. The van der Waals surface area contributed by atoms with Gasteiger partial charge in [-0.3, -0.25) is 14.4 Å². The fourth-order valence-electron chi connectivity index (χ4n) is 3.10. The summed E-state index contributed by atoms with van der Waals surface area (Å²) < 4.78 is 34.6. The molecule has 0 fully saturated rings. The minimum absolute atomic E-state index is 0.151. The summed E-state index contributed by atoms with van der Waals surface area (Å²) in [5, 5.41) is 11.4. The van der Waals surface area contributed by atoms with E-state index in [4.69, 9.17) is 4.74 Å². The van der Waals surface area contributed by atoms with Gasteiger partial charge >= 0.3 is 0 Å². The number of carbonyl (C=O) groups is 1.